The molecule has 2 aliphatic heterocycles. The van der Waals surface area contributed by atoms with E-state index in [4.69, 9.17) is 0 Å². The van der Waals surface area contributed by atoms with Crippen molar-refractivity contribution in [2.75, 3.05) is 20.1 Å². The van der Waals surface area contributed by atoms with Crippen LogP contribution in [0.1, 0.15) is 27.0 Å². The number of benzene rings is 2. The quantitative estimate of drug-likeness (QED) is 0.223. The molecule has 10 nitrogen and oxygen atoms in total. The van der Waals surface area contributed by atoms with E-state index in [-0.39, 0.29) is 47.6 Å². The Balaban J connectivity index is 1.29. The first-order valence-electron chi connectivity index (χ1n) is 14.6. The molecule has 0 spiro atoms. The van der Waals surface area contributed by atoms with E-state index in [1.165, 1.54) is 22.5 Å². The minimum absolute atomic E-state index is 0.00622. The number of piperidine rings is 1. The number of sulfonamides is 1. The molecule has 0 N–H and O–H groups in total. The number of allylic oxidation sites excluding steroid dienone is 1. The minimum atomic E-state index is -3.87. The lowest BCUT2D eigenvalue weighted by atomic mass is 9.82. The molecule has 0 unspecified atom stereocenters. The van der Waals surface area contributed by atoms with E-state index < -0.39 is 21.4 Å². The van der Waals surface area contributed by atoms with Gasteiger partial charge in [0.05, 0.1) is 16.5 Å². The standard InChI is InChI=1S/C34H27FN6O4S/c1-39-31(18-30(42)23-4-2-22(19-36)3-5-23)41(33(43)34(39,24-10-14-37-15-11-24)25-12-16-38-17-13-25)32-28-20-40(21-29(28)32)46(44,45)27-8-6-26(35)7-9-27/h2-18,28-29,32H,20-21H2,1H3/t28-,29+,32+. The van der Waals surface area contributed by atoms with Crippen LogP contribution in [0.5, 0.6) is 0 Å². The van der Waals surface area contributed by atoms with Crippen LogP contribution >= 0.6 is 0 Å². The zero-order chi connectivity index (χ0) is 32.2. The van der Waals surface area contributed by atoms with Gasteiger partial charge in [0, 0.05) is 74.4 Å². The van der Waals surface area contributed by atoms with E-state index in [0.717, 1.165) is 12.1 Å². The SMILES string of the molecule is CN1C(=CC(=O)c2ccc(C#N)cc2)N([C@H]2[C@@H]3CN(S(=O)(=O)c4ccc(F)cc4)C[C@@H]32)C(=O)C1(c1ccncc1)c1ccncc1. The third-order valence-electron chi connectivity index (χ3n) is 9.24. The number of halogens is 1. The van der Waals surface area contributed by atoms with Crippen molar-refractivity contribution >= 4 is 21.7 Å². The lowest BCUT2D eigenvalue weighted by molar-refractivity contribution is -0.132. The molecule has 1 aliphatic carbocycles. The number of pyridine rings is 2. The largest absolute Gasteiger partial charge is 0.339 e. The summed E-state index contributed by atoms with van der Waals surface area (Å²) in [5.41, 5.74) is 0.697. The van der Waals surface area contributed by atoms with Gasteiger partial charge in [0.15, 0.2) is 11.3 Å². The summed E-state index contributed by atoms with van der Waals surface area (Å²) < 4.78 is 41.6. The summed E-state index contributed by atoms with van der Waals surface area (Å²) in [6, 6.07) is 19.7. The summed E-state index contributed by atoms with van der Waals surface area (Å²) in [4.78, 5) is 40.4. The normalized spacial score (nSPS) is 22.9. The number of aromatic nitrogens is 2. The van der Waals surface area contributed by atoms with Gasteiger partial charge in [-0.05, 0) is 83.9 Å². The maximum Gasteiger partial charge on any atom is 0.263 e. The van der Waals surface area contributed by atoms with Gasteiger partial charge in [-0.3, -0.25) is 24.5 Å². The molecule has 4 aromatic rings. The van der Waals surface area contributed by atoms with Crippen LogP contribution in [-0.4, -0.2) is 70.4 Å². The molecular weight excluding hydrogens is 607 g/mol. The second-order valence-electron chi connectivity index (χ2n) is 11.6. The maximum atomic E-state index is 15.0. The second-order valence-corrected chi connectivity index (χ2v) is 13.5. The van der Waals surface area contributed by atoms with Gasteiger partial charge in [-0.15, -0.1) is 0 Å². The first kappa shape index (κ1) is 29.5. The fourth-order valence-electron chi connectivity index (χ4n) is 6.90. The van der Waals surface area contributed by atoms with Gasteiger partial charge in [-0.1, -0.05) is 0 Å². The Bertz CT molecular complexity index is 1960. The lowest BCUT2D eigenvalue weighted by Gasteiger charge is -2.35. The van der Waals surface area contributed by atoms with Crippen LogP contribution in [-0.2, 0) is 20.4 Å². The van der Waals surface area contributed by atoms with Crippen LogP contribution < -0.4 is 0 Å². The number of rotatable bonds is 7. The summed E-state index contributed by atoms with van der Waals surface area (Å²) in [5, 5.41) is 9.20. The lowest BCUT2D eigenvalue weighted by Crippen LogP contribution is -2.46. The molecule has 0 bridgehead atoms. The molecule has 46 heavy (non-hydrogen) atoms. The summed E-state index contributed by atoms with van der Waals surface area (Å²) in [6.07, 6.45) is 7.87. The van der Waals surface area contributed by atoms with Crippen molar-refractivity contribution < 1.29 is 22.4 Å². The van der Waals surface area contributed by atoms with Crippen LogP contribution in [0, 0.1) is 29.0 Å². The number of ketones is 1. The number of fused-ring (bicyclic) bond motifs is 1. The average molecular weight is 635 g/mol. The van der Waals surface area contributed by atoms with E-state index in [1.807, 2.05) is 6.07 Å². The molecule has 2 aromatic carbocycles. The van der Waals surface area contributed by atoms with Crippen molar-refractivity contribution in [1.82, 2.24) is 24.1 Å². The van der Waals surface area contributed by atoms with Gasteiger partial charge in [0.2, 0.25) is 10.0 Å². The summed E-state index contributed by atoms with van der Waals surface area (Å²) in [6.45, 7) is 0.355. The van der Waals surface area contributed by atoms with E-state index in [9.17, 15) is 27.7 Å². The highest BCUT2D eigenvalue weighted by Gasteiger charge is 2.67. The number of hydrogen-bond acceptors (Lipinski definition) is 8. The first-order chi connectivity index (χ1) is 22.2. The summed E-state index contributed by atoms with van der Waals surface area (Å²) >= 11 is 0. The molecule has 12 heteroatoms. The Hall–Kier alpha value is -5.25. The van der Waals surface area contributed by atoms with Crippen molar-refractivity contribution in [3.63, 3.8) is 0 Å². The van der Waals surface area contributed by atoms with Crippen LogP contribution in [0.2, 0.25) is 0 Å². The molecule has 7 rings (SSSR count). The molecule has 2 saturated heterocycles. The van der Waals surface area contributed by atoms with Crippen LogP contribution in [0.25, 0.3) is 0 Å². The number of carbonyl (C=O) groups is 2. The number of hydrogen-bond donors (Lipinski definition) is 0. The number of likely N-dealkylation sites (N-methyl/N-ethyl adjacent to an activating group) is 1. The van der Waals surface area contributed by atoms with Crippen LogP contribution in [0.3, 0.4) is 0 Å². The molecule has 2 aromatic heterocycles. The molecule has 3 atom stereocenters. The Morgan fingerprint density at radius 2 is 1.46 bits per heavy atom. The highest BCUT2D eigenvalue weighted by Crippen LogP contribution is 2.56. The first-order valence-corrected chi connectivity index (χ1v) is 16.0. The van der Waals surface area contributed by atoms with Gasteiger partial charge < -0.3 is 4.90 Å². The predicted octanol–water partition coefficient (Wildman–Crippen LogP) is 3.55. The van der Waals surface area contributed by atoms with Gasteiger partial charge in [0.1, 0.15) is 11.6 Å². The zero-order valence-electron chi connectivity index (χ0n) is 24.6. The fraction of sp³-hybridized carbons (Fsp3) is 0.206. The Morgan fingerprint density at radius 1 is 0.913 bits per heavy atom. The molecule has 4 heterocycles. The van der Waals surface area contributed by atoms with Gasteiger partial charge in [-0.2, -0.15) is 9.57 Å². The van der Waals surface area contributed by atoms with Gasteiger partial charge >= 0.3 is 0 Å². The van der Waals surface area contributed by atoms with E-state index in [1.54, 1.807) is 90.2 Å². The molecule has 3 aliphatic rings. The Kier molecular flexibility index (Phi) is 7.03. The maximum absolute atomic E-state index is 15.0. The zero-order valence-corrected chi connectivity index (χ0v) is 25.4. The third kappa shape index (κ3) is 4.50. The van der Waals surface area contributed by atoms with E-state index in [0.29, 0.717) is 28.1 Å². The number of carbonyl (C=O) groups excluding carboxylic acids is 2. The summed E-state index contributed by atoms with van der Waals surface area (Å²) in [7, 11) is -2.10. The molecule has 230 valence electrons. The molecule has 1 amide bonds. The summed E-state index contributed by atoms with van der Waals surface area (Å²) in [5.74, 6) is -1.13. The van der Waals surface area contributed by atoms with Crippen molar-refractivity contribution in [2.45, 2.75) is 16.5 Å². The van der Waals surface area contributed by atoms with Gasteiger partial charge in [0.25, 0.3) is 5.91 Å². The van der Waals surface area contributed by atoms with Crippen LogP contribution in [0.15, 0.2) is 114 Å². The average Bonchev–Trinajstić information content (AvgIpc) is 3.43. The van der Waals surface area contributed by atoms with Gasteiger partial charge in [-0.25, -0.2) is 12.8 Å². The van der Waals surface area contributed by atoms with Crippen molar-refractivity contribution in [1.29, 1.82) is 5.26 Å². The van der Waals surface area contributed by atoms with Crippen LogP contribution in [0.4, 0.5) is 4.39 Å². The number of nitrogens with zero attached hydrogens (tertiary/aromatic N) is 6. The molecule has 1 saturated carbocycles. The smallest absolute Gasteiger partial charge is 0.263 e. The molecule has 3 fully saturated rings. The van der Waals surface area contributed by atoms with E-state index >= 15 is 0 Å². The highest BCUT2D eigenvalue weighted by molar-refractivity contribution is 7.89. The Morgan fingerprint density at radius 3 is 1.98 bits per heavy atom. The number of amides is 1. The molecule has 0 radical (unpaired) electrons. The monoisotopic (exact) mass is 634 g/mol. The van der Waals surface area contributed by atoms with Crippen molar-refractivity contribution in [3.05, 3.63) is 138 Å². The molecular formula is C34H27FN6O4S. The fourth-order valence-corrected chi connectivity index (χ4v) is 8.41. The van der Waals surface area contributed by atoms with Crippen molar-refractivity contribution in [2.24, 2.45) is 11.8 Å². The highest BCUT2D eigenvalue weighted by atomic mass is 32.2. The minimum Gasteiger partial charge on any atom is -0.339 e. The van der Waals surface area contributed by atoms with E-state index in [2.05, 4.69) is 9.97 Å². The topological polar surface area (TPSA) is 128 Å². The van der Waals surface area contributed by atoms with Crippen molar-refractivity contribution in [3.8, 4) is 6.07 Å². The third-order valence-corrected chi connectivity index (χ3v) is 11.1. The number of nitriles is 1. The predicted molar refractivity (Wildman–Crippen MR) is 163 cm³/mol. The second kappa shape index (κ2) is 11.0. The Labute approximate surface area is 265 Å².